The molecular formula is C30H35N3O7S. The lowest BCUT2D eigenvalue weighted by Gasteiger charge is -2.41. The van der Waals surface area contributed by atoms with Crippen LogP contribution in [0.4, 0.5) is 0 Å². The van der Waals surface area contributed by atoms with Gasteiger partial charge in [0.05, 0.1) is 43.9 Å². The van der Waals surface area contributed by atoms with Gasteiger partial charge in [-0.1, -0.05) is 48.5 Å². The number of carboxylic acid groups (broad SMARTS) is 1. The van der Waals surface area contributed by atoms with Gasteiger partial charge >= 0.3 is 5.97 Å². The van der Waals surface area contributed by atoms with E-state index in [0.29, 0.717) is 36.9 Å². The zero-order valence-electron chi connectivity index (χ0n) is 23.3. The molecule has 0 radical (unpaired) electrons. The molecule has 2 N–H and O–H groups in total. The van der Waals surface area contributed by atoms with Crippen LogP contribution in [0.25, 0.3) is 11.1 Å². The number of ether oxygens (including phenoxy) is 3. The molecule has 11 heteroatoms. The van der Waals surface area contributed by atoms with Crippen molar-refractivity contribution in [2.75, 3.05) is 41.0 Å². The number of carbonyl (C=O) groups is 1. The molecule has 2 atom stereocenters. The Kier molecular flexibility index (Phi) is 9.98. The Morgan fingerprint density at radius 1 is 1.00 bits per heavy atom. The van der Waals surface area contributed by atoms with E-state index in [1.54, 1.807) is 51.7 Å². The molecule has 0 aromatic heterocycles. The SMILES string of the molecule is COCCN=C(N[C@@H](Cc1ccc(-c2c(OC)cccc2OC)cc1)C(=O)O)[C@@H]1CCN1S(=O)(=O)c1ccccc1. The minimum atomic E-state index is -3.77. The smallest absolute Gasteiger partial charge is 0.326 e. The van der Waals surface area contributed by atoms with Crippen LogP contribution in [0.5, 0.6) is 11.5 Å². The first-order chi connectivity index (χ1) is 19.8. The Labute approximate surface area is 240 Å². The second kappa shape index (κ2) is 13.6. The van der Waals surface area contributed by atoms with Crippen LogP contribution in [-0.4, -0.2) is 82.7 Å². The molecule has 3 aromatic carbocycles. The number of aliphatic imine (C=N–C) groups is 1. The number of nitrogens with zero attached hydrogens (tertiary/aromatic N) is 2. The number of sulfonamides is 1. The number of amidine groups is 1. The van der Waals surface area contributed by atoms with Crippen molar-refractivity contribution in [2.45, 2.75) is 29.8 Å². The zero-order chi connectivity index (χ0) is 29.4. The Morgan fingerprint density at radius 3 is 2.20 bits per heavy atom. The lowest BCUT2D eigenvalue weighted by Crippen LogP contribution is -2.60. The largest absolute Gasteiger partial charge is 0.496 e. The predicted octanol–water partition coefficient (Wildman–Crippen LogP) is 3.46. The van der Waals surface area contributed by atoms with Crippen LogP contribution in [0, 0.1) is 0 Å². The van der Waals surface area contributed by atoms with Crippen LogP contribution in [-0.2, 0) is 26.0 Å². The average molecular weight is 582 g/mol. The molecular weight excluding hydrogens is 546 g/mol. The monoisotopic (exact) mass is 581 g/mol. The summed E-state index contributed by atoms with van der Waals surface area (Å²) in [6, 6.07) is 19.6. The van der Waals surface area contributed by atoms with Gasteiger partial charge in [-0.05, 0) is 41.8 Å². The number of carboxylic acids is 1. The lowest BCUT2D eigenvalue weighted by atomic mass is 9.98. The quantitative estimate of drug-likeness (QED) is 0.179. The number of rotatable bonds is 13. The highest BCUT2D eigenvalue weighted by Gasteiger charge is 2.42. The summed E-state index contributed by atoms with van der Waals surface area (Å²) in [7, 11) is 0.959. The summed E-state index contributed by atoms with van der Waals surface area (Å²) in [5.74, 6) is 0.566. The fraction of sp³-hybridized carbons (Fsp3) is 0.333. The van der Waals surface area contributed by atoms with E-state index in [1.807, 2.05) is 42.5 Å². The van der Waals surface area contributed by atoms with Crippen molar-refractivity contribution in [1.29, 1.82) is 0 Å². The van der Waals surface area contributed by atoms with E-state index in [2.05, 4.69) is 10.3 Å². The van der Waals surface area contributed by atoms with Crippen LogP contribution >= 0.6 is 0 Å². The third-order valence-corrected chi connectivity index (χ3v) is 8.87. The maximum atomic E-state index is 13.3. The average Bonchev–Trinajstić information content (AvgIpc) is 2.96. The second-order valence-electron chi connectivity index (χ2n) is 9.47. The van der Waals surface area contributed by atoms with Gasteiger partial charge in [0.2, 0.25) is 10.0 Å². The van der Waals surface area contributed by atoms with Gasteiger partial charge in [-0.25, -0.2) is 13.2 Å². The molecule has 1 saturated heterocycles. The minimum Gasteiger partial charge on any atom is -0.496 e. The predicted molar refractivity (Wildman–Crippen MR) is 156 cm³/mol. The highest BCUT2D eigenvalue weighted by Crippen LogP contribution is 2.38. The van der Waals surface area contributed by atoms with Gasteiger partial charge in [-0.2, -0.15) is 4.31 Å². The number of aliphatic carboxylic acids is 1. The molecule has 4 rings (SSSR count). The van der Waals surface area contributed by atoms with E-state index in [1.165, 1.54) is 4.31 Å². The summed E-state index contributed by atoms with van der Waals surface area (Å²) >= 11 is 0. The fourth-order valence-electron chi connectivity index (χ4n) is 4.71. The maximum absolute atomic E-state index is 13.3. The molecule has 0 bridgehead atoms. The molecule has 41 heavy (non-hydrogen) atoms. The van der Waals surface area contributed by atoms with Crippen molar-refractivity contribution in [2.24, 2.45) is 4.99 Å². The Hall–Kier alpha value is -3.93. The number of methoxy groups -OCH3 is 3. The summed E-state index contributed by atoms with van der Waals surface area (Å²) in [6.45, 7) is 0.893. The van der Waals surface area contributed by atoms with E-state index in [0.717, 1.165) is 16.7 Å². The van der Waals surface area contributed by atoms with Crippen molar-refractivity contribution in [3.05, 3.63) is 78.4 Å². The maximum Gasteiger partial charge on any atom is 0.326 e. The lowest BCUT2D eigenvalue weighted by molar-refractivity contribution is -0.139. The van der Waals surface area contributed by atoms with Crippen molar-refractivity contribution in [3.8, 4) is 22.6 Å². The van der Waals surface area contributed by atoms with Crippen LogP contribution < -0.4 is 14.8 Å². The van der Waals surface area contributed by atoms with E-state index in [-0.39, 0.29) is 17.9 Å². The molecule has 0 aliphatic carbocycles. The Bertz CT molecular complexity index is 1440. The summed E-state index contributed by atoms with van der Waals surface area (Å²) in [6.07, 6.45) is 0.673. The number of hydrogen-bond acceptors (Lipinski definition) is 7. The first kappa shape index (κ1) is 30.0. The highest BCUT2D eigenvalue weighted by molar-refractivity contribution is 7.89. The third kappa shape index (κ3) is 6.87. The molecule has 1 aliphatic rings. The number of hydrogen-bond donors (Lipinski definition) is 2. The normalized spacial score (nSPS) is 16.5. The van der Waals surface area contributed by atoms with Gasteiger partial charge in [0.15, 0.2) is 0 Å². The molecule has 0 amide bonds. The van der Waals surface area contributed by atoms with Crippen molar-refractivity contribution in [1.82, 2.24) is 9.62 Å². The molecule has 1 heterocycles. The van der Waals surface area contributed by atoms with E-state index in [9.17, 15) is 18.3 Å². The van der Waals surface area contributed by atoms with Gasteiger partial charge in [0, 0.05) is 20.1 Å². The summed E-state index contributed by atoms with van der Waals surface area (Å²) in [4.78, 5) is 17.1. The van der Waals surface area contributed by atoms with E-state index < -0.39 is 28.1 Å². The van der Waals surface area contributed by atoms with Crippen molar-refractivity contribution < 1.29 is 32.5 Å². The highest BCUT2D eigenvalue weighted by atomic mass is 32.2. The van der Waals surface area contributed by atoms with Crippen LogP contribution in [0.3, 0.4) is 0 Å². The molecule has 0 unspecified atom stereocenters. The molecule has 10 nitrogen and oxygen atoms in total. The van der Waals surface area contributed by atoms with Crippen molar-refractivity contribution in [3.63, 3.8) is 0 Å². The Morgan fingerprint density at radius 2 is 1.66 bits per heavy atom. The van der Waals surface area contributed by atoms with Crippen LogP contribution in [0.1, 0.15) is 12.0 Å². The van der Waals surface area contributed by atoms with E-state index >= 15 is 0 Å². The standard InChI is InChI=1S/C30H35N3O7S/c1-38-19-17-31-29(25-16-18-33(25)41(36,37)23-8-5-4-6-9-23)32-24(30(34)35)20-21-12-14-22(15-13-21)28-26(39-2)10-7-11-27(28)40-3/h4-15,24-25H,16-20H2,1-3H3,(H,31,32)(H,34,35)/t24-,25-/m0/s1. The second-order valence-corrected chi connectivity index (χ2v) is 11.4. The molecule has 1 fully saturated rings. The van der Waals surface area contributed by atoms with Crippen LogP contribution in [0.2, 0.25) is 0 Å². The minimum absolute atomic E-state index is 0.153. The fourth-order valence-corrected chi connectivity index (χ4v) is 6.37. The van der Waals surface area contributed by atoms with E-state index in [4.69, 9.17) is 14.2 Å². The molecule has 0 saturated carbocycles. The van der Waals surface area contributed by atoms with Crippen LogP contribution in [0.15, 0.2) is 82.7 Å². The van der Waals surface area contributed by atoms with Crippen molar-refractivity contribution >= 4 is 21.8 Å². The first-order valence-corrected chi connectivity index (χ1v) is 14.6. The summed E-state index contributed by atoms with van der Waals surface area (Å²) in [5, 5.41) is 13.1. The zero-order valence-corrected chi connectivity index (χ0v) is 24.1. The number of nitrogens with one attached hydrogen (secondary N) is 1. The molecule has 1 aliphatic heterocycles. The summed E-state index contributed by atoms with van der Waals surface area (Å²) < 4.78 is 44.1. The third-order valence-electron chi connectivity index (χ3n) is 6.94. The number of benzene rings is 3. The van der Waals surface area contributed by atoms with Gasteiger partial charge in [0.1, 0.15) is 23.4 Å². The van der Waals surface area contributed by atoms with Gasteiger partial charge in [-0.3, -0.25) is 4.99 Å². The van der Waals surface area contributed by atoms with Gasteiger partial charge < -0.3 is 24.6 Å². The van der Waals surface area contributed by atoms with Gasteiger partial charge in [-0.15, -0.1) is 0 Å². The summed E-state index contributed by atoms with van der Waals surface area (Å²) in [5.41, 5.74) is 2.44. The topological polar surface area (TPSA) is 127 Å². The Balaban J connectivity index is 1.55. The molecule has 0 spiro atoms. The molecule has 3 aromatic rings. The molecule has 218 valence electrons. The first-order valence-electron chi connectivity index (χ1n) is 13.2. The van der Waals surface area contributed by atoms with Gasteiger partial charge in [0.25, 0.3) is 0 Å².